The molecule has 0 radical (unpaired) electrons. The van der Waals surface area contributed by atoms with Crippen LogP contribution in [0.1, 0.15) is 12.0 Å². The van der Waals surface area contributed by atoms with Crippen LogP contribution in [0.4, 0.5) is 0 Å². The SMILES string of the molecule is NC(=O)CNC(=O)[C@H](Cc1ccccc1)NC(=O)CNC(=O)CNC(=O)CCN1C(=O)C=CC1=O. The Balaban J connectivity index is 1.76. The van der Waals surface area contributed by atoms with Crippen molar-refractivity contribution in [3.05, 3.63) is 48.0 Å². The van der Waals surface area contributed by atoms with E-state index < -0.39 is 67.0 Å². The first-order valence-electron chi connectivity index (χ1n) is 10.6. The molecule has 0 unspecified atom stereocenters. The van der Waals surface area contributed by atoms with Crippen LogP contribution in [0.25, 0.3) is 0 Å². The summed E-state index contributed by atoms with van der Waals surface area (Å²) in [6, 6.07) is 7.82. The molecule has 186 valence electrons. The molecule has 0 fully saturated rings. The molecule has 0 aliphatic carbocycles. The molecule has 1 heterocycles. The predicted octanol–water partition coefficient (Wildman–Crippen LogP) is -3.14. The van der Waals surface area contributed by atoms with Crippen LogP contribution in [-0.4, -0.2) is 78.5 Å². The van der Waals surface area contributed by atoms with Crippen molar-refractivity contribution in [3.8, 4) is 0 Å². The second-order valence-corrected chi connectivity index (χ2v) is 7.46. The number of primary amides is 1. The number of nitrogens with two attached hydrogens (primary N) is 1. The van der Waals surface area contributed by atoms with E-state index in [0.29, 0.717) is 0 Å². The summed E-state index contributed by atoms with van der Waals surface area (Å²) >= 11 is 0. The van der Waals surface area contributed by atoms with Gasteiger partial charge in [-0.05, 0) is 5.56 Å². The number of amides is 7. The normalized spacial score (nSPS) is 13.2. The average molecular weight is 486 g/mol. The highest BCUT2D eigenvalue weighted by molar-refractivity contribution is 6.13. The summed E-state index contributed by atoms with van der Waals surface area (Å²) in [6.07, 6.45) is 2.16. The Morgan fingerprint density at radius 1 is 0.800 bits per heavy atom. The predicted molar refractivity (Wildman–Crippen MR) is 121 cm³/mol. The standard InChI is InChI=1S/C22H26N6O7/c23-16(29)11-26-22(35)15(10-14-4-2-1-3-5-14)27-19(32)13-25-18(31)12-24-17(30)8-9-28-20(33)6-7-21(28)34/h1-7,15H,8-13H2,(H2,23,29)(H,24,30)(H,25,31)(H,26,35)(H,27,32)/t15-/m0/s1. The number of carbonyl (C=O) groups is 7. The third-order valence-corrected chi connectivity index (χ3v) is 4.73. The van der Waals surface area contributed by atoms with Crippen LogP contribution in [0.3, 0.4) is 0 Å². The zero-order chi connectivity index (χ0) is 25.8. The molecule has 1 aromatic carbocycles. The van der Waals surface area contributed by atoms with Crippen molar-refractivity contribution in [1.82, 2.24) is 26.2 Å². The number of nitrogens with zero attached hydrogens (tertiary/aromatic N) is 1. The molecule has 13 heteroatoms. The van der Waals surface area contributed by atoms with E-state index >= 15 is 0 Å². The monoisotopic (exact) mass is 486 g/mol. The first-order chi connectivity index (χ1) is 16.7. The number of imide groups is 1. The molecule has 13 nitrogen and oxygen atoms in total. The molecule has 2 rings (SSSR count). The fourth-order valence-corrected chi connectivity index (χ4v) is 2.98. The van der Waals surface area contributed by atoms with Crippen LogP contribution < -0.4 is 27.0 Å². The summed E-state index contributed by atoms with van der Waals surface area (Å²) in [4.78, 5) is 83.2. The van der Waals surface area contributed by atoms with E-state index in [-0.39, 0.29) is 19.4 Å². The van der Waals surface area contributed by atoms with Crippen LogP contribution in [0.2, 0.25) is 0 Å². The first-order valence-corrected chi connectivity index (χ1v) is 10.6. The smallest absolute Gasteiger partial charge is 0.253 e. The van der Waals surface area contributed by atoms with Crippen molar-refractivity contribution >= 4 is 41.4 Å². The molecule has 35 heavy (non-hydrogen) atoms. The molecule has 7 amide bonds. The Morgan fingerprint density at radius 3 is 2.03 bits per heavy atom. The van der Waals surface area contributed by atoms with E-state index in [0.717, 1.165) is 22.6 Å². The molecule has 0 saturated heterocycles. The average Bonchev–Trinajstić information content (AvgIpc) is 3.15. The fourth-order valence-electron chi connectivity index (χ4n) is 2.98. The van der Waals surface area contributed by atoms with E-state index in [1.54, 1.807) is 30.3 Å². The van der Waals surface area contributed by atoms with Crippen LogP contribution in [-0.2, 0) is 40.0 Å². The first kappa shape index (κ1) is 26.7. The van der Waals surface area contributed by atoms with Crippen LogP contribution >= 0.6 is 0 Å². The van der Waals surface area contributed by atoms with Gasteiger partial charge in [0, 0.05) is 31.5 Å². The maximum absolute atomic E-state index is 12.4. The van der Waals surface area contributed by atoms with Gasteiger partial charge in [0.25, 0.3) is 11.8 Å². The molecular formula is C22H26N6O7. The van der Waals surface area contributed by atoms with Gasteiger partial charge in [-0.1, -0.05) is 30.3 Å². The lowest BCUT2D eigenvalue weighted by molar-refractivity contribution is -0.137. The quantitative estimate of drug-likeness (QED) is 0.182. The summed E-state index contributed by atoms with van der Waals surface area (Å²) in [5, 5.41) is 9.45. The van der Waals surface area contributed by atoms with Crippen molar-refractivity contribution in [2.75, 3.05) is 26.2 Å². The Kier molecular flexibility index (Phi) is 10.1. The Labute approximate surface area is 200 Å². The van der Waals surface area contributed by atoms with Gasteiger partial charge >= 0.3 is 0 Å². The van der Waals surface area contributed by atoms with Gasteiger partial charge in [-0.3, -0.25) is 38.5 Å². The summed E-state index contributed by atoms with van der Waals surface area (Å²) in [7, 11) is 0. The van der Waals surface area contributed by atoms with Gasteiger partial charge < -0.3 is 27.0 Å². The van der Waals surface area contributed by atoms with E-state index in [2.05, 4.69) is 21.3 Å². The summed E-state index contributed by atoms with van der Waals surface area (Å²) < 4.78 is 0. The summed E-state index contributed by atoms with van der Waals surface area (Å²) in [5.74, 6) is -4.29. The van der Waals surface area contributed by atoms with Crippen molar-refractivity contribution < 1.29 is 33.6 Å². The molecule has 0 aromatic heterocycles. The van der Waals surface area contributed by atoms with E-state index in [9.17, 15) is 33.6 Å². The van der Waals surface area contributed by atoms with Gasteiger partial charge in [-0.15, -0.1) is 0 Å². The zero-order valence-electron chi connectivity index (χ0n) is 18.7. The molecule has 1 aliphatic heterocycles. The second-order valence-electron chi connectivity index (χ2n) is 7.46. The minimum atomic E-state index is -1.02. The number of nitrogens with one attached hydrogen (secondary N) is 4. The number of carbonyl (C=O) groups excluding carboxylic acids is 7. The topological polar surface area (TPSA) is 197 Å². The van der Waals surface area contributed by atoms with Crippen molar-refractivity contribution in [2.24, 2.45) is 5.73 Å². The Morgan fingerprint density at radius 2 is 1.40 bits per heavy atom. The molecule has 6 N–H and O–H groups in total. The maximum Gasteiger partial charge on any atom is 0.253 e. The molecular weight excluding hydrogens is 460 g/mol. The van der Waals surface area contributed by atoms with Crippen molar-refractivity contribution in [1.29, 1.82) is 0 Å². The lowest BCUT2D eigenvalue weighted by Gasteiger charge is -2.18. The molecule has 0 bridgehead atoms. The van der Waals surface area contributed by atoms with Gasteiger partial charge in [0.1, 0.15) is 6.04 Å². The molecule has 1 aliphatic rings. The Bertz CT molecular complexity index is 1010. The minimum absolute atomic E-state index is 0.124. The van der Waals surface area contributed by atoms with E-state index in [1.807, 2.05) is 0 Å². The third-order valence-electron chi connectivity index (χ3n) is 4.73. The molecule has 1 atom stereocenters. The third kappa shape index (κ3) is 9.45. The van der Waals surface area contributed by atoms with Crippen molar-refractivity contribution in [3.63, 3.8) is 0 Å². The van der Waals surface area contributed by atoms with Gasteiger partial charge in [-0.2, -0.15) is 0 Å². The van der Waals surface area contributed by atoms with Gasteiger partial charge in [0.05, 0.1) is 19.6 Å². The number of benzene rings is 1. The largest absolute Gasteiger partial charge is 0.368 e. The van der Waals surface area contributed by atoms with Crippen molar-refractivity contribution in [2.45, 2.75) is 18.9 Å². The molecule has 0 saturated carbocycles. The highest BCUT2D eigenvalue weighted by Gasteiger charge is 2.24. The lowest BCUT2D eigenvalue weighted by atomic mass is 10.1. The number of hydrogen-bond acceptors (Lipinski definition) is 7. The summed E-state index contributed by atoms with van der Waals surface area (Å²) in [5.41, 5.74) is 5.79. The van der Waals surface area contributed by atoms with Gasteiger partial charge in [0.2, 0.25) is 29.5 Å². The van der Waals surface area contributed by atoms with Crippen LogP contribution in [0.5, 0.6) is 0 Å². The molecule has 1 aromatic rings. The highest BCUT2D eigenvalue weighted by Crippen LogP contribution is 2.04. The van der Waals surface area contributed by atoms with Crippen LogP contribution in [0.15, 0.2) is 42.5 Å². The highest BCUT2D eigenvalue weighted by atomic mass is 16.2. The number of hydrogen-bond donors (Lipinski definition) is 5. The Hall–Kier alpha value is -4.55. The van der Waals surface area contributed by atoms with Gasteiger partial charge in [-0.25, -0.2) is 0 Å². The minimum Gasteiger partial charge on any atom is -0.368 e. The summed E-state index contributed by atoms with van der Waals surface area (Å²) in [6.45, 7) is -1.42. The maximum atomic E-state index is 12.4. The van der Waals surface area contributed by atoms with E-state index in [4.69, 9.17) is 5.73 Å². The zero-order valence-corrected chi connectivity index (χ0v) is 18.7. The fraction of sp³-hybridized carbons (Fsp3) is 0.318. The lowest BCUT2D eigenvalue weighted by Crippen LogP contribution is -2.52. The second kappa shape index (κ2) is 13.2. The van der Waals surface area contributed by atoms with E-state index in [1.165, 1.54) is 0 Å². The number of rotatable bonds is 13. The molecule has 0 spiro atoms. The van der Waals surface area contributed by atoms with Crippen LogP contribution in [0, 0.1) is 0 Å². The van der Waals surface area contributed by atoms with Gasteiger partial charge in [0.15, 0.2) is 0 Å².